The average Bonchev–Trinajstić information content (AvgIpc) is 2.39. The summed E-state index contributed by atoms with van der Waals surface area (Å²) in [5, 5.41) is 3.86. The summed E-state index contributed by atoms with van der Waals surface area (Å²) in [6.07, 6.45) is 0. The van der Waals surface area contributed by atoms with Gasteiger partial charge in [0.25, 0.3) is 0 Å². The Kier molecular flexibility index (Phi) is 4.25. The number of piperazine rings is 1. The highest BCUT2D eigenvalue weighted by Gasteiger charge is 2.41. The number of likely N-dealkylation sites (N-methyl/N-ethyl adjacent to an activating group) is 1. The SMILES string of the molecule is CNCc1ccc(Cl)cc1N1CCN(C)C(=O)C1(C)C. The van der Waals surface area contributed by atoms with Gasteiger partial charge in [-0.2, -0.15) is 0 Å². The van der Waals surface area contributed by atoms with Gasteiger partial charge in [0.1, 0.15) is 5.54 Å². The predicted molar refractivity (Wildman–Crippen MR) is 83.3 cm³/mol. The largest absolute Gasteiger partial charge is 0.355 e. The summed E-state index contributed by atoms with van der Waals surface area (Å²) >= 11 is 6.15. The van der Waals surface area contributed by atoms with E-state index in [9.17, 15) is 4.79 Å². The van der Waals surface area contributed by atoms with Crippen molar-refractivity contribution in [3.63, 3.8) is 0 Å². The smallest absolute Gasteiger partial charge is 0.247 e. The Balaban J connectivity index is 2.44. The molecule has 0 bridgehead atoms. The first-order chi connectivity index (χ1) is 9.37. The van der Waals surface area contributed by atoms with Crippen molar-refractivity contribution in [1.82, 2.24) is 10.2 Å². The van der Waals surface area contributed by atoms with Gasteiger partial charge in [-0.05, 0) is 38.6 Å². The predicted octanol–water partition coefficient (Wildman–Crippen LogP) is 2.12. The lowest BCUT2D eigenvalue weighted by molar-refractivity contribution is -0.136. The van der Waals surface area contributed by atoms with Gasteiger partial charge in [0.15, 0.2) is 0 Å². The number of nitrogens with zero attached hydrogens (tertiary/aromatic N) is 2. The van der Waals surface area contributed by atoms with E-state index in [0.717, 1.165) is 30.9 Å². The van der Waals surface area contributed by atoms with Gasteiger partial charge in [0, 0.05) is 37.4 Å². The molecular weight excluding hydrogens is 274 g/mol. The summed E-state index contributed by atoms with van der Waals surface area (Å²) in [6, 6.07) is 5.87. The number of nitrogens with one attached hydrogen (secondary N) is 1. The third-order valence-electron chi connectivity index (χ3n) is 3.91. The van der Waals surface area contributed by atoms with Crippen LogP contribution in [0.2, 0.25) is 5.02 Å². The first-order valence-electron chi connectivity index (χ1n) is 6.84. The highest BCUT2D eigenvalue weighted by atomic mass is 35.5. The van der Waals surface area contributed by atoms with Crippen molar-refractivity contribution in [3.8, 4) is 0 Å². The molecule has 1 N–H and O–H groups in total. The van der Waals surface area contributed by atoms with Crippen molar-refractivity contribution in [2.75, 3.05) is 32.1 Å². The molecule has 1 aliphatic rings. The Morgan fingerprint density at radius 3 is 2.70 bits per heavy atom. The van der Waals surface area contributed by atoms with Crippen molar-refractivity contribution in [2.24, 2.45) is 0 Å². The zero-order valence-electron chi connectivity index (χ0n) is 12.5. The molecule has 0 radical (unpaired) electrons. The van der Waals surface area contributed by atoms with Gasteiger partial charge in [0.2, 0.25) is 5.91 Å². The second-order valence-electron chi connectivity index (χ2n) is 5.74. The van der Waals surface area contributed by atoms with Crippen LogP contribution in [0, 0.1) is 0 Å². The van der Waals surface area contributed by atoms with Crippen LogP contribution in [0.3, 0.4) is 0 Å². The zero-order chi connectivity index (χ0) is 14.9. The lowest BCUT2D eigenvalue weighted by Crippen LogP contribution is -2.62. The molecular formula is C15H22ClN3O. The fourth-order valence-corrected chi connectivity index (χ4v) is 2.93. The molecule has 0 aliphatic carbocycles. The van der Waals surface area contributed by atoms with E-state index in [-0.39, 0.29) is 5.91 Å². The van der Waals surface area contributed by atoms with Crippen LogP contribution in [-0.4, -0.2) is 43.5 Å². The van der Waals surface area contributed by atoms with Crippen LogP contribution in [0.5, 0.6) is 0 Å². The molecule has 1 aromatic carbocycles. The fraction of sp³-hybridized carbons (Fsp3) is 0.533. The Bertz CT molecular complexity index is 516. The maximum atomic E-state index is 12.4. The number of rotatable bonds is 3. The molecule has 0 unspecified atom stereocenters. The second kappa shape index (κ2) is 5.62. The lowest BCUT2D eigenvalue weighted by atomic mass is 9.95. The topological polar surface area (TPSA) is 35.6 Å². The molecule has 20 heavy (non-hydrogen) atoms. The van der Waals surface area contributed by atoms with E-state index in [0.29, 0.717) is 5.02 Å². The van der Waals surface area contributed by atoms with Gasteiger partial charge in [0.05, 0.1) is 0 Å². The average molecular weight is 296 g/mol. The molecule has 5 heteroatoms. The molecule has 110 valence electrons. The molecule has 0 saturated carbocycles. The number of benzene rings is 1. The number of amides is 1. The number of carbonyl (C=O) groups is 1. The molecule has 1 aliphatic heterocycles. The standard InChI is InChI=1S/C15H22ClN3O/c1-15(2)14(20)18(4)7-8-19(15)13-9-12(16)6-5-11(13)10-17-3/h5-6,9,17H,7-8,10H2,1-4H3. The van der Waals surface area contributed by atoms with Gasteiger partial charge in [-0.15, -0.1) is 0 Å². The summed E-state index contributed by atoms with van der Waals surface area (Å²) in [5.74, 6) is 0.138. The molecule has 1 saturated heterocycles. The third-order valence-corrected chi connectivity index (χ3v) is 4.14. The number of hydrogen-bond donors (Lipinski definition) is 1. The maximum absolute atomic E-state index is 12.4. The maximum Gasteiger partial charge on any atom is 0.247 e. The zero-order valence-corrected chi connectivity index (χ0v) is 13.3. The third kappa shape index (κ3) is 2.63. The second-order valence-corrected chi connectivity index (χ2v) is 6.18. The lowest BCUT2D eigenvalue weighted by Gasteiger charge is -2.46. The summed E-state index contributed by atoms with van der Waals surface area (Å²) in [5.41, 5.74) is 1.64. The summed E-state index contributed by atoms with van der Waals surface area (Å²) in [7, 11) is 3.77. The molecule has 0 aromatic heterocycles. The summed E-state index contributed by atoms with van der Waals surface area (Å²) in [6.45, 7) is 6.23. The normalized spacial score (nSPS) is 18.6. The van der Waals surface area contributed by atoms with Crippen LogP contribution in [0.1, 0.15) is 19.4 Å². The van der Waals surface area contributed by atoms with Crippen LogP contribution in [0.15, 0.2) is 18.2 Å². The van der Waals surface area contributed by atoms with Crippen molar-refractivity contribution >= 4 is 23.2 Å². The molecule has 2 rings (SSSR count). The summed E-state index contributed by atoms with van der Waals surface area (Å²) in [4.78, 5) is 16.4. The quantitative estimate of drug-likeness (QED) is 0.928. The number of halogens is 1. The fourth-order valence-electron chi connectivity index (χ4n) is 2.76. The minimum atomic E-state index is -0.555. The Morgan fingerprint density at radius 1 is 1.35 bits per heavy atom. The monoisotopic (exact) mass is 295 g/mol. The van der Waals surface area contributed by atoms with Gasteiger partial charge >= 0.3 is 0 Å². The Hall–Kier alpha value is -1.26. The molecule has 0 spiro atoms. The number of carbonyl (C=O) groups excluding carboxylic acids is 1. The van der Waals surface area contributed by atoms with Crippen molar-refractivity contribution in [2.45, 2.75) is 25.9 Å². The number of anilines is 1. The van der Waals surface area contributed by atoms with Crippen molar-refractivity contribution < 1.29 is 4.79 Å². The molecule has 1 heterocycles. The Labute approximate surface area is 125 Å². The van der Waals surface area contributed by atoms with Gasteiger partial charge in [-0.3, -0.25) is 4.79 Å². The van der Waals surface area contributed by atoms with E-state index in [4.69, 9.17) is 11.6 Å². The number of hydrogen-bond acceptors (Lipinski definition) is 3. The summed E-state index contributed by atoms with van der Waals surface area (Å²) < 4.78 is 0. The van der Waals surface area contributed by atoms with Crippen LogP contribution in [0.4, 0.5) is 5.69 Å². The molecule has 4 nitrogen and oxygen atoms in total. The van der Waals surface area contributed by atoms with Crippen LogP contribution in [-0.2, 0) is 11.3 Å². The van der Waals surface area contributed by atoms with E-state index in [1.807, 2.05) is 46.1 Å². The van der Waals surface area contributed by atoms with Gasteiger partial charge < -0.3 is 15.1 Å². The van der Waals surface area contributed by atoms with Gasteiger partial charge in [-0.1, -0.05) is 17.7 Å². The van der Waals surface area contributed by atoms with Crippen molar-refractivity contribution in [1.29, 1.82) is 0 Å². The van der Waals surface area contributed by atoms with E-state index >= 15 is 0 Å². The van der Waals surface area contributed by atoms with Crippen molar-refractivity contribution in [3.05, 3.63) is 28.8 Å². The first-order valence-corrected chi connectivity index (χ1v) is 7.22. The minimum absolute atomic E-state index is 0.138. The van der Waals surface area contributed by atoms with E-state index in [2.05, 4.69) is 10.2 Å². The molecule has 1 amide bonds. The van der Waals surface area contributed by atoms with Gasteiger partial charge in [-0.25, -0.2) is 0 Å². The van der Waals surface area contributed by atoms with E-state index in [1.54, 1.807) is 4.90 Å². The van der Waals surface area contributed by atoms with E-state index in [1.165, 1.54) is 0 Å². The van der Waals surface area contributed by atoms with Crippen LogP contribution in [0.25, 0.3) is 0 Å². The van der Waals surface area contributed by atoms with E-state index < -0.39 is 5.54 Å². The highest BCUT2D eigenvalue weighted by molar-refractivity contribution is 6.30. The van der Waals surface area contributed by atoms with Crippen LogP contribution >= 0.6 is 11.6 Å². The molecule has 1 fully saturated rings. The molecule has 1 aromatic rings. The minimum Gasteiger partial charge on any atom is -0.355 e. The first kappa shape index (κ1) is 15.1. The highest BCUT2D eigenvalue weighted by Crippen LogP contribution is 2.33. The Morgan fingerprint density at radius 2 is 2.05 bits per heavy atom. The van der Waals surface area contributed by atoms with Crippen LogP contribution < -0.4 is 10.2 Å². The molecule has 0 atom stereocenters.